The van der Waals surface area contributed by atoms with E-state index in [0.717, 1.165) is 0 Å². The van der Waals surface area contributed by atoms with Gasteiger partial charge in [0, 0.05) is 23.4 Å². The summed E-state index contributed by atoms with van der Waals surface area (Å²) in [6.45, 7) is 0.0323. The Labute approximate surface area is 168 Å². The SMILES string of the molecule is COc1ccc(NS(=O)(=O)c2ccc(C(=O)NCc3ccccc3F)cc2)cc1. The molecule has 0 radical (unpaired) electrons. The number of rotatable bonds is 7. The smallest absolute Gasteiger partial charge is 0.261 e. The van der Waals surface area contributed by atoms with Gasteiger partial charge in [0.15, 0.2) is 0 Å². The van der Waals surface area contributed by atoms with Crippen LogP contribution in [0.25, 0.3) is 0 Å². The molecule has 3 aromatic carbocycles. The van der Waals surface area contributed by atoms with Crippen molar-refractivity contribution in [2.75, 3.05) is 11.8 Å². The van der Waals surface area contributed by atoms with Crippen molar-refractivity contribution in [3.05, 3.63) is 89.7 Å². The maximum absolute atomic E-state index is 13.6. The predicted octanol–water partition coefficient (Wildman–Crippen LogP) is 3.57. The van der Waals surface area contributed by atoms with Gasteiger partial charge < -0.3 is 10.1 Å². The van der Waals surface area contributed by atoms with Gasteiger partial charge in [0.1, 0.15) is 11.6 Å². The molecule has 0 aromatic heterocycles. The van der Waals surface area contributed by atoms with Gasteiger partial charge in [-0.05, 0) is 54.6 Å². The zero-order valence-electron chi connectivity index (χ0n) is 15.6. The molecular formula is C21H19FN2O4S. The lowest BCUT2D eigenvalue weighted by Gasteiger charge is -2.10. The average Bonchev–Trinajstić information content (AvgIpc) is 2.73. The number of methoxy groups -OCH3 is 1. The number of nitrogens with one attached hydrogen (secondary N) is 2. The highest BCUT2D eigenvalue weighted by atomic mass is 32.2. The normalized spacial score (nSPS) is 11.0. The summed E-state index contributed by atoms with van der Waals surface area (Å²) in [6.07, 6.45) is 0. The van der Waals surface area contributed by atoms with Crippen LogP contribution in [-0.4, -0.2) is 21.4 Å². The Bertz CT molecular complexity index is 1100. The van der Waals surface area contributed by atoms with Gasteiger partial charge in [-0.25, -0.2) is 12.8 Å². The Balaban J connectivity index is 1.66. The third-order valence-corrected chi connectivity index (χ3v) is 5.56. The summed E-state index contributed by atoms with van der Waals surface area (Å²) in [6, 6.07) is 18.1. The second-order valence-electron chi connectivity index (χ2n) is 6.13. The number of hydrogen-bond acceptors (Lipinski definition) is 4. The second-order valence-corrected chi connectivity index (χ2v) is 7.81. The largest absolute Gasteiger partial charge is 0.497 e. The molecule has 0 aliphatic carbocycles. The van der Waals surface area contributed by atoms with Crippen molar-refractivity contribution in [2.24, 2.45) is 0 Å². The number of halogens is 1. The molecule has 0 atom stereocenters. The van der Waals surface area contributed by atoms with Gasteiger partial charge in [0.2, 0.25) is 0 Å². The van der Waals surface area contributed by atoms with Gasteiger partial charge in [-0.3, -0.25) is 9.52 Å². The van der Waals surface area contributed by atoms with Gasteiger partial charge in [-0.15, -0.1) is 0 Å². The third kappa shape index (κ3) is 5.11. The molecule has 0 saturated carbocycles. The van der Waals surface area contributed by atoms with Crippen molar-refractivity contribution in [1.82, 2.24) is 5.32 Å². The molecule has 0 aliphatic rings. The molecule has 2 N–H and O–H groups in total. The first-order valence-electron chi connectivity index (χ1n) is 8.67. The molecule has 8 heteroatoms. The number of hydrogen-bond donors (Lipinski definition) is 2. The summed E-state index contributed by atoms with van der Waals surface area (Å²) in [5, 5.41) is 2.61. The van der Waals surface area contributed by atoms with Gasteiger partial charge in [-0.2, -0.15) is 0 Å². The number of carbonyl (C=O) groups excluding carboxylic acids is 1. The zero-order chi connectivity index (χ0) is 20.9. The zero-order valence-corrected chi connectivity index (χ0v) is 16.4. The van der Waals surface area contributed by atoms with Gasteiger partial charge in [-0.1, -0.05) is 18.2 Å². The second kappa shape index (κ2) is 8.74. The first-order valence-corrected chi connectivity index (χ1v) is 10.2. The van der Waals surface area contributed by atoms with E-state index in [4.69, 9.17) is 4.74 Å². The van der Waals surface area contributed by atoms with Crippen LogP contribution in [0.2, 0.25) is 0 Å². The van der Waals surface area contributed by atoms with Crippen LogP contribution in [0.3, 0.4) is 0 Å². The van der Waals surface area contributed by atoms with Gasteiger partial charge in [0.25, 0.3) is 15.9 Å². The van der Waals surface area contributed by atoms with Crippen LogP contribution in [0, 0.1) is 5.82 Å². The van der Waals surface area contributed by atoms with Crippen molar-refractivity contribution in [2.45, 2.75) is 11.4 Å². The first-order chi connectivity index (χ1) is 13.9. The van der Waals surface area contributed by atoms with E-state index >= 15 is 0 Å². The fourth-order valence-electron chi connectivity index (χ4n) is 2.58. The molecule has 0 spiro atoms. The van der Waals surface area contributed by atoms with Crippen LogP contribution >= 0.6 is 0 Å². The molecule has 29 heavy (non-hydrogen) atoms. The third-order valence-electron chi connectivity index (χ3n) is 4.17. The Morgan fingerprint density at radius 1 is 0.966 bits per heavy atom. The standard InChI is InChI=1S/C21H19FN2O4S/c1-28-18-10-8-17(9-11-18)24-29(26,27)19-12-6-15(7-13-19)21(25)23-14-16-4-2-3-5-20(16)22/h2-13,24H,14H2,1H3,(H,23,25). The minimum absolute atomic E-state index is 0.0129. The predicted molar refractivity (Wildman–Crippen MR) is 108 cm³/mol. The van der Waals surface area contributed by atoms with E-state index in [-0.39, 0.29) is 17.0 Å². The highest BCUT2D eigenvalue weighted by molar-refractivity contribution is 7.92. The summed E-state index contributed by atoms with van der Waals surface area (Å²) in [5.41, 5.74) is 1.02. The number of carbonyl (C=O) groups is 1. The molecule has 1 amide bonds. The average molecular weight is 414 g/mol. The Morgan fingerprint density at radius 3 is 2.24 bits per heavy atom. The minimum Gasteiger partial charge on any atom is -0.497 e. The highest BCUT2D eigenvalue weighted by Gasteiger charge is 2.15. The van der Waals surface area contributed by atoms with Crippen LogP contribution in [0.4, 0.5) is 10.1 Å². The lowest BCUT2D eigenvalue weighted by Crippen LogP contribution is -2.23. The number of ether oxygens (including phenoxy) is 1. The topological polar surface area (TPSA) is 84.5 Å². The quantitative estimate of drug-likeness (QED) is 0.619. The van der Waals surface area contributed by atoms with Crippen molar-refractivity contribution in [3.8, 4) is 5.75 Å². The summed E-state index contributed by atoms with van der Waals surface area (Å²) >= 11 is 0. The lowest BCUT2D eigenvalue weighted by molar-refractivity contribution is 0.0950. The maximum atomic E-state index is 13.6. The molecule has 3 rings (SSSR count). The van der Waals surface area contributed by atoms with Crippen molar-refractivity contribution < 1.29 is 22.3 Å². The van der Waals surface area contributed by atoms with E-state index < -0.39 is 21.7 Å². The molecule has 6 nitrogen and oxygen atoms in total. The summed E-state index contributed by atoms with van der Waals surface area (Å²) in [5.74, 6) is -0.224. The number of amides is 1. The monoisotopic (exact) mass is 414 g/mol. The molecule has 3 aromatic rings. The van der Waals surface area contributed by atoms with Crippen LogP contribution in [0.15, 0.2) is 77.7 Å². The molecule has 0 fully saturated rings. The van der Waals surface area contributed by atoms with E-state index in [2.05, 4.69) is 10.0 Å². The minimum atomic E-state index is -3.81. The number of benzene rings is 3. The van der Waals surface area contributed by atoms with E-state index in [1.54, 1.807) is 42.5 Å². The van der Waals surface area contributed by atoms with Crippen LogP contribution in [0.1, 0.15) is 15.9 Å². The van der Waals surface area contributed by atoms with E-state index in [0.29, 0.717) is 17.0 Å². The fourth-order valence-corrected chi connectivity index (χ4v) is 3.64. The Kier molecular flexibility index (Phi) is 6.13. The molecule has 0 bridgehead atoms. The summed E-state index contributed by atoms with van der Waals surface area (Å²) in [4.78, 5) is 12.2. The van der Waals surface area contributed by atoms with E-state index in [1.807, 2.05) is 0 Å². The molecule has 0 heterocycles. The van der Waals surface area contributed by atoms with Crippen molar-refractivity contribution >= 4 is 21.6 Å². The van der Waals surface area contributed by atoms with E-state index in [9.17, 15) is 17.6 Å². The Hall–Kier alpha value is -3.39. The molecule has 150 valence electrons. The molecular weight excluding hydrogens is 395 g/mol. The van der Waals surface area contributed by atoms with E-state index in [1.165, 1.54) is 37.4 Å². The Morgan fingerprint density at radius 2 is 1.62 bits per heavy atom. The maximum Gasteiger partial charge on any atom is 0.261 e. The van der Waals surface area contributed by atoms with Crippen LogP contribution < -0.4 is 14.8 Å². The fraction of sp³-hybridized carbons (Fsp3) is 0.0952. The lowest BCUT2D eigenvalue weighted by atomic mass is 10.2. The molecule has 0 unspecified atom stereocenters. The summed E-state index contributed by atoms with van der Waals surface area (Å²) in [7, 11) is -2.29. The number of sulfonamides is 1. The highest BCUT2D eigenvalue weighted by Crippen LogP contribution is 2.19. The van der Waals surface area contributed by atoms with Crippen molar-refractivity contribution in [1.29, 1.82) is 0 Å². The first kappa shape index (κ1) is 20.3. The van der Waals surface area contributed by atoms with Crippen molar-refractivity contribution in [3.63, 3.8) is 0 Å². The van der Waals surface area contributed by atoms with Crippen LogP contribution in [0.5, 0.6) is 5.75 Å². The molecule has 0 saturated heterocycles. The summed E-state index contributed by atoms with van der Waals surface area (Å²) < 4.78 is 46.1. The van der Waals surface area contributed by atoms with Gasteiger partial charge in [0.05, 0.1) is 12.0 Å². The van der Waals surface area contributed by atoms with Crippen LogP contribution in [-0.2, 0) is 16.6 Å². The molecule has 0 aliphatic heterocycles. The number of anilines is 1. The van der Waals surface area contributed by atoms with Gasteiger partial charge >= 0.3 is 0 Å².